The lowest BCUT2D eigenvalue weighted by atomic mass is 9.71. The molecular weight excluding hydrogens is 404 g/mol. The van der Waals surface area contributed by atoms with E-state index in [4.69, 9.17) is 0 Å². The van der Waals surface area contributed by atoms with E-state index < -0.39 is 0 Å². The smallest absolute Gasteiger partial charge is 0.121 e. The van der Waals surface area contributed by atoms with Crippen LogP contribution in [0, 0.1) is 27.7 Å². The van der Waals surface area contributed by atoms with Gasteiger partial charge in [0.25, 0.3) is 0 Å². The molecule has 0 saturated heterocycles. The SMILES string of the molecule is CCCCCCCCCCCCCC(C)(c1cc(C)c(O)c(C)c1)c1cc(C)c(O)c(C)c1. The number of rotatable bonds is 14. The zero-order chi connectivity index (χ0) is 24.4. The summed E-state index contributed by atoms with van der Waals surface area (Å²) < 4.78 is 0. The number of benzene rings is 2. The van der Waals surface area contributed by atoms with E-state index >= 15 is 0 Å². The highest BCUT2D eigenvalue weighted by molar-refractivity contribution is 5.51. The predicted molar refractivity (Wildman–Crippen MR) is 143 cm³/mol. The highest BCUT2D eigenvalue weighted by atomic mass is 16.3. The summed E-state index contributed by atoms with van der Waals surface area (Å²) in [6.45, 7) is 12.6. The highest BCUT2D eigenvalue weighted by Gasteiger charge is 2.30. The maximum Gasteiger partial charge on any atom is 0.121 e. The third-order valence-electron chi connectivity index (χ3n) is 7.54. The van der Waals surface area contributed by atoms with E-state index in [1.165, 1.54) is 81.8 Å². The quantitative estimate of drug-likeness (QED) is 0.280. The van der Waals surface area contributed by atoms with Crippen LogP contribution in [-0.4, -0.2) is 10.2 Å². The third-order valence-corrected chi connectivity index (χ3v) is 7.54. The molecule has 2 heteroatoms. The Kier molecular flexibility index (Phi) is 10.8. The third kappa shape index (κ3) is 7.52. The van der Waals surface area contributed by atoms with Crippen molar-refractivity contribution in [2.75, 3.05) is 0 Å². The zero-order valence-corrected chi connectivity index (χ0v) is 22.2. The summed E-state index contributed by atoms with van der Waals surface area (Å²) in [5.74, 6) is 0.794. The van der Waals surface area contributed by atoms with Crippen LogP contribution in [0.4, 0.5) is 0 Å². The first kappa shape index (κ1) is 27.3. The van der Waals surface area contributed by atoms with Crippen molar-refractivity contribution < 1.29 is 10.2 Å². The molecule has 0 aliphatic rings. The predicted octanol–water partition coefficient (Wildman–Crippen LogP) is 9.34. The molecule has 0 atom stereocenters. The van der Waals surface area contributed by atoms with Gasteiger partial charge in [0.05, 0.1) is 0 Å². The minimum atomic E-state index is -0.147. The second-order valence-corrected chi connectivity index (χ2v) is 10.5. The fourth-order valence-corrected chi connectivity index (χ4v) is 5.15. The maximum atomic E-state index is 10.3. The lowest BCUT2D eigenvalue weighted by Gasteiger charge is -2.33. The molecule has 0 saturated carbocycles. The summed E-state index contributed by atoms with van der Waals surface area (Å²) >= 11 is 0. The average molecular weight is 453 g/mol. The number of phenols is 2. The zero-order valence-electron chi connectivity index (χ0n) is 22.2. The Balaban J connectivity index is 2.05. The van der Waals surface area contributed by atoms with Crippen LogP contribution in [0.3, 0.4) is 0 Å². The number of phenolic OH excluding ortho intramolecular Hbond substituents is 2. The minimum absolute atomic E-state index is 0.147. The topological polar surface area (TPSA) is 40.5 Å². The number of aromatic hydroxyl groups is 2. The van der Waals surface area contributed by atoms with E-state index in [0.717, 1.165) is 28.7 Å². The Morgan fingerprint density at radius 2 is 0.848 bits per heavy atom. The summed E-state index contributed by atoms with van der Waals surface area (Å²) in [7, 11) is 0. The van der Waals surface area contributed by atoms with E-state index in [0.29, 0.717) is 11.5 Å². The van der Waals surface area contributed by atoms with Gasteiger partial charge in [0.2, 0.25) is 0 Å². The van der Waals surface area contributed by atoms with Crippen molar-refractivity contribution in [2.45, 2.75) is 124 Å². The van der Waals surface area contributed by atoms with Crippen LogP contribution in [0.25, 0.3) is 0 Å². The molecule has 0 unspecified atom stereocenters. The fraction of sp³-hybridized carbons (Fsp3) is 0.613. The van der Waals surface area contributed by atoms with Crippen molar-refractivity contribution in [1.82, 2.24) is 0 Å². The molecule has 2 aromatic rings. The summed E-state index contributed by atoms with van der Waals surface area (Å²) in [5.41, 5.74) is 6.10. The van der Waals surface area contributed by atoms with Gasteiger partial charge in [0.1, 0.15) is 11.5 Å². The van der Waals surface area contributed by atoms with Crippen LogP contribution in [-0.2, 0) is 5.41 Å². The second-order valence-electron chi connectivity index (χ2n) is 10.5. The van der Waals surface area contributed by atoms with E-state index in [1.54, 1.807) is 0 Å². The van der Waals surface area contributed by atoms with Crippen molar-refractivity contribution in [3.8, 4) is 11.5 Å². The van der Waals surface area contributed by atoms with Gasteiger partial charge in [-0.15, -0.1) is 0 Å². The molecule has 2 aromatic carbocycles. The van der Waals surface area contributed by atoms with Crippen molar-refractivity contribution in [3.63, 3.8) is 0 Å². The molecule has 0 spiro atoms. The summed E-state index contributed by atoms with van der Waals surface area (Å²) in [6.07, 6.45) is 15.9. The number of unbranched alkanes of at least 4 members (excludes halogenated alkanes) is 10. The highest BCUT2D eigenvalue weighted by Crippen LogP contribution is 2.41. The van der Waals surface area contributed by atoms with Crippen molar-refractivity contribution in [2.24, 2.45) is 0 Å². The van der Waals surface area contributed by atoms with Gasteiger partial charge in [-0.05, 0) is 67.5 Å². The monoisotopic (exact) mass is 452 g/mol. The minimum Gasteiger partial charge on any atom is -0.507 e. The van der Waals surface area contributed by atoms with Gasteiger partial charge >= 0.3 is 0 Å². The van der Waals surface area contributed by atoms with Crippen molar-refractivity contribution in [3.05, 3.63) is 57.6 Å². The fourth-order valence-electron chi connectivity index (χ4n) is 5.15. The van der Waals surface area contributed by atoms with Crippen LogP contribution >= 0.6 is 0 Å². The summed E-state index contributed by atoms with van der Waals surface area (Å²) in [4.78, 5) is 0. The van der Waals surface area contributed by atoms with Crippen molar-refractivity contribution in [1.29, 1.82) is 0 Å². The Morgan fingerprint density at radius 3 is 1.18 bits per heavy atom. The van der Waals surface area contributed by atoms with E-state index in [-0.39, 0.29) is 5.41 Å². The van der Waals surface area contributed by atoms with Crippen LogP contribution in [0.5, 0.6) is 11.5 Å². The Morgan fingerprint density at radius 1 is 0.545 bits per heavy atom. The van der Waals surface area contributed by atoms with Gasteiger partial charge in [-0.25, -0.2) is 0 Å². The Labute approximate surface area is 203 Å². The molecule has 2 rings (SSSR count). The first-order valence-corrected chi connectivity index (χ1v) is 13.3. The molecule has 184 valence electrons. The lowest BCUT2D eigenvalue weighted by Crippen LogP contribution is -2.24. The summed E-state index contributed by atoms with van der Waals surface area (Å²) in [5, 5.41) is 20.7. The van der Waals surface area contributed by atoms with Gasteiger partial charge in [-0.1, -0.05) is 109 Å². The Hall–Kier alpha value is -1.96. The summed E-state index contributed by atoms with van der Waals surface area (Å²) in [6, 6.07) is 8.60. The molecule has 0 aliphatic heterocycles. The van der Waals surface area contributed by atoms with Crippen LogP contribution in [0.2, 0.25) is 0 Å². The molecule has 0 heterocycles. The molecule has 2 nitrogen and oxygen atoms in total. The van der Waals surface area contributed by atoms with Gasteiger partial charge in [0.15, 0.2) is 0 Å². The van der Waals surface area contributed by atoms with Gasteiger partial charge in [0, 0.05) is 5.41 Å². The standard InChI is InChI=1S/C31H48O2/c1-7-8-9-10-11-12-13-14-15-16-17-18-31(6,27-19-23(2)29(32)24(3)20-27)28-21-25(4)30(33)26(5)22-28/h19-22,32-33H,7-18H2,1-6H3. The molecule has 2 N–H and O–H groups in total. The molecule has 0 aliphatic carbocycles. The molecule has 33 heavy (non-hydrogen) atoms. The average Bonchev–Trinajstić information content (AvgIpc) is 2.78. The van der Waals surface area contributed by atoms with Gasteiger partial charge < -0.3 is 10.2 Å². The van der Waals surface area contributed by atoms with Crippen molar-refractivity contribution >= 4 is 0 Å². The normalized spacial score (nSPS) is 11.8. The second kappa shape index (κ2) is 13.1. The first-order valence-electron chi connectivity index (χ1n) is 13.3. The molecule has 0 bridgehead atoms. The van der Waals surface area contributed by atoms with E-state index in [1.807, 2.05) is 27.7 Å². The van der Waals surface area contributed by atoms with Crippen LogP contribution < -0.4 is 0 Å². The number of hydrogen-bond acceptors (Lipinski definition) is 2. The lowest BCUT2D eigenvalue weighted by molar-refractivity contribution is 0.452. The van der Waals surface area contributed by atoms with E-state index in [2.05, 4.69) is 38.1 Å². The Bertz CT molecular complexity index is 777. The maximum absolute atomic E-state index is 10.3. The van der Waals surface area contributed by atoms with Gasteiger partial charge in [-0.3, -0.25) is 0 Å². The molecule has 0 amide bonds. The number of aryl methyl sites for hydroxylation is 4. The van der Waals surface area contributed by atoms with Crippen LogP contribution in [0.1, 0.15) is 124 Å². The largest absolute Gasteiger partial charge is 0.507 e. The first-order chi connectivity index (χ1) is 15.7. The number of hydrogen-bond donors (Lipinski definition) is 2. The van der Waals surface area contributed by atoms with E-state index in [9.17, 15) is 10.2 Å². The molecule has 0 fully saturated rings. The molecule has 0 aromatic heterocycles. The van der Waals surface area contributed by atoms with Gasteiger partial charge in [-0.2, -0.15) is 0 Å². The molecular formula is C31H48O2. The molecule has 0 radical (unpaired) electrons. The van der Waals surface area contributed by atoms with Crippen LogP contribution in [0.15, 0.2) is 24.3 Å².